The van der Waals surface area contributed by atoms with Gasteiger partial charge in [0.1, 0.15) is 11.2 Å². The Morgan fingerprint density at radius 3 is 1.76 bits per heavy atom. The van der Waals surface area contributed by atoms with Crippen molar-refractivity contribution in [3.8, 4) is 5.69 Å². The minimum absolute atomic E-state index is 0.908. The maximum absolute atomic E-state index is 6.12. The molecular weight excluding hydrogens is 470 g/mol. The number of fused-ring (bicyclic) bond motifs is 6. The Bertz CT molecular complexity index is 1960. The maximum Gasteiger partial charge on any atom is 0.135 e. The minimum atomic E-state index is 0.908. The van der Waals surface area contributed by atoms with E-state index < -0.39 is 0 Å². The molecule has 0 saturated carbocycles. The summed E-state index contributed by atoms with van der Waals surface area (Å²) in [5, 5.41) is 10.2. The van der Waals surface area contributed by atoms with E-state index in [1.54, 1.807) is 0 Å². The molecule has 0 N–H and O–H groups in total. The van der Waals surface area contributed by atoms with Gasteiger partial charge in [-0.1, -0.05) is 64.5 Å². The third-order valence-electron chi connectivity index (χ3n) is 7.00. The molecule has 0 amide bonds. The largest absolute Gasteiger partial charge is 0.456 e. The summed E-state index contributed by atoms with van der Waals surface area (Å²) in [7, 11) is 0. The van der Waals surface area contributed by atoms with Crippen molar-refractivity contribution in [1.82, 2.24) is 4.57 Å². The Balaban J connectivity index is 1.57. The lowest BCUT2D eigenvalue weighted by atomic mass is 9.95. The second-order valence-corrected chi connectivity index (χ2v) is 9.62. The number of halogens is 1. The van der Waals surface area contributed by atoms with Gasteiger partial charge in [-0.2, -0.15) is 0 Å². The quantitative estimate of drug-likeness (QED) is 0.212. The minimum Gasteiger partial charge on any atom is -0.456 e. The van der Waals surface area contributed by atoms with Crippen molar-refractivity contribution in [2.75, 3.05) is 0 Å². The molecular formula is C30H16BrNO. The summed E-state index contributed by atoms with van der Waals surface area (Å²) in [6, 6.07) is 34.8. The average Bonchev–Trinajstić information content (AvgIpc) is 3.39. The number of furan rings is 1. The summed E-state index contributed by atoms with van der Waals surface area (Å²) in [6.45, 7) is 0. The molecule has 0 aliphatic carbocycles. The van der Waals surface area contributed by atoms with E-state index in [1.807, 2.05) is 12.1 Å². The van der Waals surface area contributed by atoms with E-state index in [4.69, 9.17) is 4.42 Å². The summed E-state index contributed by atoms with van der Waals surface area (Å²) >= 11 is 3.62. The third-order valence-corrected chi connectivity index (χ3v) is 7.49. The fraction of sp³-hybridized carbons (Fsp3) is 0. The van der Waals surface area contributed by atoms with Crippen LogP contribution in [-0.2, 0) is 0 Å². The van der Waals surface area contributed by atoms with Gasteiger partial charge in [0.25, 0.3) is 0 Å². The zero-order chi connectivity index (χ0) is 21.7. The Kier molecular flexibility index (Phi) is 3.30. The Labute approximate surface area is 197 Å². The van der Waals surface area contributed by atoms with Gasteiger partial charge in [-0.25, -0.2) is 0 Å². The van der Waals surface area contributed by atoms with Gasteiger partial charge in [0.05, 0.1) is 11.0 Å². The molecule has 0 unspecified atom stereocenters. The van der Waals surface area contributed by atoms with Crippen LogP contribution < -0.4 is 0 Å². The van der Waals surface area contributed by atoms with Crippen molar-refractivity contribution in [1.29, 1.82) is 0 Å². The molecule has 6 aromatic carbocycles. The van der Waals surface area contributed by atoms with E-state index in [0.717, 1.165) is 32.1 Å². The molecule has 0 aliphatic rings. The number of nitrogens with zero attached hydrogens (tertiary/aromatic N) is 1. The number of hydrogen-bond acceptors (Lipinski definition) is 1. The number of hydrogen-bond donors (Lipinski definition) is 0. The molecule has 0 atom stereocenters. The summed E-state index contributed by atoms with van der Waals surface area (Å²) in [5.74, 6) is 0. The third kappa shape index (κ3) is 2.22. The van der Waals surface area contributed by atoms with Crippen LogP contribution in [0.2, 0.25) is 0 Å². The van der Waals surface area contributed by atoms with Crippen molar-refractivity contribution in [3.63, 3.8) is 0 Å². The number of rotatable bonds is 1. The zero-order valence-corrected chi connectivity index (χ0v) is 19.1. The van der Waals surface area contributed by atoms with Crippen molar-refractivity contribution >= 4 is 81.2 Å². The summed E-state index contributed by atoms with van der Waals surface area (Å²) in [6.07, 6.45) is 0. The predicted octanol–water partition coefficient (Wildman–Crippen LogP) is 9.19. The topological polar surface area (TPSA) is 18.1 Å². The molecule has 0 radical (unpaired) electrons. The van der Waals surface area contributed by atoms with Gasteiger partial charge in [-0.05, 0) is 70.1 Å². The summed E-state index contributed by atoms with van der Waals surface area (Å²) in [4.78, 5) is 0. The molecule has 0 aliphatic heterocycles. The number of benzene rings is 6. The first-order valence-electron chi connectivity index (χ1n) is 11.1. The van der Waals surface area contributed by atoms with Crippen LogP contribution in [0.15, 0.2) is 106 Å². The molecule has 0 bridgehead atoms. The molecule has 33 heavy (non-hydrogen) atoms. The van der Waals surface area contributed by atoms with Crippen LogP contribution in [0.25, 0.3) is 71.0 Å². The van der Waals surface area contributed by atoms with E-state index in [0.29, 0.717) is 0 Å². The van der Waals surface area contributed by atoms with Crippen molar-refractivity contribution < 1.29 is 4.42 Å². The summed E-state index contributed by atoms with van der Waals surface area (Å²) < 4.78 is 9.57. The summed E-state index contributed by atoms with van der Waals surface area (Å²) in [5.41, 5.74) is 5.43. The normalized spacial score (nSPS) is 12.4. The highest BCUT2D eigenvalue weighted by Gasteiger charge is 2.19. The predicted molar refractivity (Wildman–Crippen MR) is 142 cm³/mol. The lowest BCUT2D eigenvalue weighted by Gasteiger charge is -2.08. The first-order chi connectivity index (χ1) is 16.3. The molecule has 8 rings (SSSR count). The monoisotopic (exact) mass is 485 g/mol. The smallest absolute Gasteiger partial charge is 0.135 e. The van der Waals surface area contributed by atoms with E-state index in [-0.39, 0.29) is 0 Å². The van der Waals surface area contributed by atoms with E-state index in [9.17, 15) is 0 Å². The molecule has 2 heterocycles. The van der Waals surface area contributed by atoms with E-state index >= 15 is 0 Å². The van der Waals surface area contributed by atoms with Crippen molar-refractivity contribution in [3.05, 3.63) is 102 Å². The highest BCUT2D eigenvalue weighted by Crippen LogP contribution is 2.44. The lowest BCUT2D eigenvalue weighted by Crippen LogP contribution is -1.93. The fourth-order valence-corrected chi connectivity index (χ4v) is 6.03. The van der Waals surface area contributed by atoms with Crippen LogP contribution >= 0.6 is 15.9 Å². The van der Waals surface area contributed by atoms with Crippen LogP contribution in [0.3, 0.4) is 0 Å². The standard InChI is InChI=1S/C30H16BrNO/c31-17-11-13-27-23(15-17)24-16-18(12-14-28(24)33-27)32-25-9-3-7-21-19-5-1-2-6-20(19)22-8-4-10-26(32)30(22)29(21)25/h1-16H. The van der Waals surface area contributed by atoms with E-state index in [1.165, 1.54) is 43.4 Å². The molecule has 0 fully saturated rings. The van der Waals surface area contributed by atoms with Crippen molar-refractivity contribution in [2.45, 2.75) is 0 Å². The highest BCUT2D eigenvalue weighted by atomic mass is 79.9. The number of aromatic nitrogens is 1. The van der Waals surface area contributed by atoms with Crippen LogP contribution in [-0.4, -0.2) is 4.57 Å². The fourth-order valence-electron chi connectivity index (χ4n) is 5.66. The molecule has 0 spiro atoms. The molecule has 2 aromatic heterocycles. The van der Waals surface area contributed by atoms with Gasteiger partial charge in [0, 0.05) is 31.7 Å². The first-order valence-corrected chi connectivity index (χ1v) is 11.9. The van der Waals surface area contributed by atoms with Gasteiger partial charge in [-0.15, -0.1) is 0 Å². The Hall–Kier alpha value is -3.82. The molecule has 0 saturated heterocycles. The van der Waals surface area contributed by atoms with E-state index in [2.05, 4.69) is 105 Å². The molecule has 3 heteroatoms. The molecule has 154 valence electrons. The highest BCUT2D eigenvalue weighted by molar-refractivity contribution is 9.10. The SMILES string of the molecule is Brc1ccc2oc3ccc(-n4c5cccc6c7ccccc7c7cccc4c7c65)cc3c2c1. The van der Waals surface area contributed by atoms with Gasteiger partial charge in [0.15, 0.2) is 0 Å². The van der Waals surface area contributed by atoms with Crippen LogP contribution in [0.4, 0.5) is 0 Å². The van der Waals surface area contributed by atoms with Crippen molar-refractivity contribution in [2.24, 2.45) is 0 Å². The second kappa shape index (κ2) is 6.15. The first kappa shape index (κ1) is 17.7. The second-order valence-electron chi connectivity index (χ2n) is 8.70. The van der Waals surface area contributed by atoms with Crippen LogP contribution in [0, 0.1) is 0 Å². The van der Waals surface area contributed by atoms with Gasteiger partial charge >= 0.3 is 0 Å². The van der Waals surface area contributed by atoms with Crippen LogP contribution in [0.1, 0.15) is 0 Å². The molecule has 2 nitrogen and oxygen atoms in total. The molecule has 8 aromatic rings. The Morgan fingerprint density at radius 1 is 0.515 bits per heavy atom. The Morgan fingerprint density at radius 2 is 1.09 bits per heavy atom. The van der Waals surface area contributed by atoms with Gasteiger partial charge in [-0.3, -0.25) is 0 Å². The van der Waals surface area contributed by atoms with Gasteiger partial charge < -0.3 is 8.98 Å². The lowest BCUT2D eigenvalue weighted by molar-refractivity contribution is 0.669. The van der Waals surface area contributed by atoms with Crippen LogP contribution in [0.5, 0.6) is 0 Å². The van der Waals surface area contributed by atoms with Gasteiger partial charge in [0.2, 0.25) is 0 Å². The zero-order valence-electron chi connectivity index (χ0n) is 17.5. The average molecular weight is 486 g/mol. The maximum atomic E-state index is 6.12.